The van der Waals surface area contributed by atoms with Gasteiger partial charge < -0.3 is 15.0 Å². The Balaban J connectivity index is 2.03. The van der Waals surface area contributed by atoms with E-state index in [9.17, 15) is 0 Å². The van der Waals surface area contributed by atoms with Gasteiger partial charge in [0.05, 0.1) is 19.1 Å². The molecule has 3 rings (SSSR count). The van der Waals surface area contributed by atoms with E-state index in [0.717, 1.165) is 24.7 Å². The molecule has 0 spiro atoms. The van der Waals surface area contributed by atoms with E-state index < -0.39 is 0 Å². The van der Waals surface area contributed by atoms with Gasteiger partial charge in [-0.15, -0.1) is 10.2 Å². The van der Waals surface area contributed by atoms with Crippen LogP contribution in [0.3, 0.4) is 0 Å². The Morgan fingerprint density at radius 3 is 2.83 bits per heavy atom. The van der Waals surface area contributed by atoms with Crippen LogP contribution in [-0.4, -0.2) is 28.0 Å². The molecule has 5 nitrogen and oxygen atoms in total. The van der Waals surface area contributed by atoms with Crippen LogP contribution in [0.15, 0.2) is 30.6 Å². The standard InChI is InChI=1S/C13H16N4O/c1-17-8-15-16-13(17)12(10-6-18-7-10)9-3-2-4-11(14)5-9/h2-5,8,10,12H,6-7,14H2,1H3/t12-/m0/s1. The largest absolute Gasteiger partial charge is 0.399 e. The summed E-state index contributed by atoms with van der Waals surface area (Å²) >= 11 is 0. The maximum Gasteiger partial charge on any atom is 0.140 e. The Morgan fingerprint density at radius 1 is 1.44 bits per heavy atom. The molecule has 94 valence electrons. The second-order valence-corrected chi connectivity index (χ2v) is 4.75. The fourth-order valence-electron chi connectivity index (χ4n) is 2.40. The molecule has 0 unspecified atom stereocenters. The monoisotopic (exact) mass is 244 g/mol. The first-order valence-corrected chi connectivity index (χ1v) is 6.03. The lowest BCUT2D eigenvalue weighted by atomic mass is 9.84. The van der Waals surface area contributed by atoms with Crippen molar-refractivity contribution in [2.24, 2.45) is 13.0 Å². The third-order valence-corrected chi connectivity index (χ3v) is 3.43. The van der Waals surface area contributed by atoms with Gasteiger partial charge in [0.25, 0.3) is 0 Å². The highest BCUT2D eigenvalue weighted by Gasteiger charge is 2.33. The van der Waals surface area contributed by atoms with Crippen molar-refractivity contribution in [1.82, 2.24) is 14.8 Å². The van der Waals surface area contributed by atoms with Crippen LogP contribution in [0.5, 0.6) is 0 Å². The van der Waals surface area contributed by atoms with Crippen molar-refractivity contribution in [1.29, 1.82) is 0 Å². The van der Waals surface area contributed by atoms with Gasteiger partial charge in [-0.25, -0.2) is 0 Å². The van der Waals surface area contributed by atoms with Crippen LogP contribution in [0.4, 0.5) is 5.69 Å². The fraction of sp³-hybridized carbons (Fsp3) is 0.385. The fourth-order valence-corrected chi connectivity index (χ4v) is 2.40. The zero-order valence-electron chi connectivity index (χ0n) is 10.3. The molecule has 2 heterocycles. The molecule has 2 N–H and O–H groups in total. The summed E-state index contributed by atoms with van der Waals surface area (Å²) in [5.74, 6) is 1.62. The molecule has 0 bridgehead atoms. The van der Waals surface area contributed by atoms with Crippen molar-refractivity contribution in [3.63, 3.8) is 0 Å². The molecule has 5 heteroatoms. The summed E-state index contributed by atoms with van der Waals surface area (Å²) in [6, 6.07) is 7.98. The van der Waals surface area contributed by atoms with Crippen LogP contribution in [0.2, 0.25) is 0 Å². The van der Waals surface area contributed by atoms with Gasteiger partial charge in [-0.2, -0.15) is 0 Å². The Kier molecular flexibility index (Phi) is 2.76. The number of nitrogens with zero attached hydrogens (tertiary/aromatic N) is 3. The molecular formula is C13H16N4O. The maximum absolute atomic E-state index is 5.87. The lowest BCUT2D eigenvalue weighted by Gasteiger charge is -2.33. The minimum atomic E-state index is 0.203. The van der Waals surface area contributed by atoms with E-state index in [1.54, 1.807) is 6.33 Å². The average molecular weight is 244 g/mol. The highest BCUT2D eigenvalue weighted by molar-refractivity contribution is 5.43. The second kappa shape index (κ2) is 4.42. The molecular weight excluding hydrogens is 228 g/mol. The van der Waals surface area contributed by atoms with Gasteiger partial charge in [-0.1, -0.05) is 12.1 Å². The number of hydrogen-bond acceptors (Lipinski definition) is 4. The topological polar surface area (TPSA) is 66.0 Å². The molecule has 1 atom stereocenters. The van der Waals surface area contributed by atoms with E-state index in [1.165, 1.54) is 5.56 Å². The predicted octanol–water partition coefficient (Wildman–Crippen LogP) is 1.18. The normalized spacial score (nSPS) is 17.4. The number of rotatable bonds is 3. The van der Waals surface area contributed by atoms with E-state index in [2.05, 4.69) is 16.3 Å². The van der Waals surface area contributed by atoms with Gasteiger partial charge in [0.15, 0.2) is 0 Å². The van der Waals surface area contributed by atoms with E-state index in [1.807, 2.05) is 29.8 Å². The van der Waals surface area contributed by atoms with Crippen molar-refractivity contribution in [3.8, 4) is 0 Å². The molecule has 0 radical (unpaired) electrons. The number of benzene rings is 1. The molecule has 0 aliphatic carbocycles. The van der Waals surface area contributed by atoms with Crippen molar-refractivity contribution < 1.29 is 4.74 Å². The summed E-state index contributed by atoms with van der Waals surface area (Å²) in [6.07, 6.45) is 1.73. The van der Waals surface area contributed by atoms with E-state index >= 15 is 0 Å². The Morgan fingerprint density at radius 2 is 2.28 bits per heavy atom. The first-order valence-electron chi connectivity index (χ1n) is 6.03. The number of anilines is 1. The van der Waals surface area contributed by atoms with Gasteiger partial charge >= 0.3 is 0 Å². The number of aromatic nitrogens is 3. The number of nitrogens with two attached hydrogens (primary N) is 1. The molecule has 1 aromatic carbocycles. The first-order chi connectivity index (χ1) is 8.75. The summed E-state index contributed by atoms with van der Waals surface area (Å²) in [7, 11) is 1.97. The summed E-state index contributed by atoms with van der Waals surface area (Å²) in [5, 5.41) is 8.21. The predicted molar refractivity (Wildman–Crippen MR) is 68.0 cm³/mol. The van der Waals surface area contributed by atoms with Crippen molar-refractivity contribution in [3.05, 3.63) is 42.0 Å². The first kappa shape index (κ1) is 11.2. The minimum absolute atomic E-state index is 0.203. The summed E-state index contributed by atoms with van der Waals surface area (Å²) < 4.78 is 7.28. The second-order valence-electron chi connectivity index (χ2n) is 4.75. The van der Waals surface area contributed by atoms with Gasteiger partial charge in [0.2, 0.25) is 0 Å². The van der Waals surface area contributed by atoms with Crippen LogP contribution in [0.1, 0.15) is 17.3 Å². The van der Waals surface area contributed by atoms with Crippen molar-refractivity contribution in [2.45, 2.75) is 5.92 Å². The minimum Gasteiger partial charge on any atom is -0.399 e. The van der Waals surface area contributed by atoms with Gasteiger partial charge in [0, 0.05) is 18.7 Å². The van der Waals surface area contributed by atoms with Crippen LogP contribution in [-0.2, 0) is 11.8 Å². The SMILES string of the molecule is Cn1cnnc1[C@@H](c1cccc(N)c1)C1COC1. The number of nitrogen functional groups attached to an aromatic ring is 1. The lowest BCUT2D eigenvalue weighted by molar-refractivity contribution is -0.0407. The zero-order chi connectivity index (χ0) is 12.5. The van der Waals surface area contributed by atoms with E-state index in [0.29, 0.717) is 5.92 Å². The van der Waals surface area contributed by atoms with Crippen LogP contribution in [0, 0.1) is 5.92 Å². The Bertz CT molecular complexity index is 547. The highest BCUT2D eigenvalue weighted by atomic mass is 16.5. The number of hydrogen-bond donors (Lipinski definition) is 1. The third-order valence-electron chi connectivity index (χ3n) is 3.43. The van der Waals surface area contributed by atoms with E-state index in [-0.39, 0.29) is 5.92 Å². The van der Waals surface area contributed by atoms with Gasteiger partial charge in [0.1, 0.15) is 12.2 Å². The molecule has 1 fully saturated rings. The lowest BCUT2D eigenvalue weighted by Crippen LogP contribution is -2.34. The van der Waals surface area contributed by atoms with E-state index in [4.69, 9.17) is 10.5 Å². The summed E-state index contributed by atoms with van der Waals surface area (Å²) in [5.41, 5.74) is 7.83. The molecule has 1 saturated heterocycles. The Hall–Kier alpha value is -1.88. The molecule has 2 aromatic rings. The molecule has 1 aliphatic rings. The van der Waals surface area contributed by atoms with Crippen molar-refractivity contribution in [2.75, 3.05) is 18.9 Å². The molecule has 0 amide bonds. The zero-order valence-corrected chi connectivity index (χ0v) is 10.3. The molecule has 0 saturated carbocycles. The van der Waals surface area contributed by atoms with Gasteiger partial charge in [-0.3, -0.25) is 0 Å². The summed E-state index contributed by atoms with van der Waals surface area (Å²) in [4.78, 5) is 0. The number of aryl methyl sites for hydroxylation is 1. The number of ether oxygens (including phenoxy) is 1. The Labute approximate surface area is 106 Å². The quantitative estimate of drug-likeness (QED) is 0.823. The third kappa shape index (κ3) is 1.86. The maximum atomic E-state index is 5.87. The highest BCUT2D eigenvalue weighted by Crippen LogP contribution is 2.35. The van der Waals surface area contributed by atoms with Gasteiger partial charge in [-0.05, 0) is 17.7 Å². The van der Waals surface area contributed by atoms with Crippen LogP contribution < -0.4 is 5.73 Å². The molecule has 1 aliphatic heterocycles. The molecule has 1 aromatic heterocycles. The smallest absolute Gasteiger partial charge is 0.140 e. The summed E-state index contributed by atoms with van der Waals surface area (Å²) in [6.45, 7) is 1.54. The average Bonchev–Trinajstić information content (AvgIpc) is 2.69. The van der Waals surface area contributed by atoms with Crippen molar-refractivity contribution >= 4 is 5.69 Å². The van der Waals surface area contributed by atoms with Crippen LogP contribution in [0.25, 0.3) is 0 Å². The van der Waals surface area contributed by atoms with Crippen LogP contribution >= 0.6 is 0 Å². The molecule has 18 heavy (non-hydrogen) atoms.